The second-order valence-corrected chi connectivity index (χ2v) is 11.1. The van der Waals surface area contributed by atoms with Crippen LogP contribution in [0, 0.1) is 0 Å². The van der Waals surface area contributed by atoms with Gasteiger partial charge in [0.1, 0.15) is 11.7 Å². The lowest BCUT2D eigenvalue weighted by molar-refractivity contribution is -0.140. The molecule has 12 heteroatoms. The summed E-state index contributed by atoms with van der Waals surface area (Å²) in [6.07, 6.45) is 20.8. The Hall–Kier alpha value is -2.99. The molecule has 43 heavy (non-hydrogen) atoms. The normalized spacial score (nSPS) is 12.1. The van der Waals surface area contributed by atoms with Gasteiger partial charge in [0.05, 0.1) is 0 Å². The number of hydrogen-bond acceptors (Lipinski definition) is 7. The number of carboxylic acids is 3. The molecule has 0 aromatic rings. The predicted octanol–water partition coefficient (Wildman–Crippen LogP) is 4.77. The molecule has 0 fully saturated rings. The average molecular weight is 613 g/mol. The highest BCUT2D eigenvalue weighted by atomic mass is 16.4. The van der Waals surface area contributed by atoms with Gasteiger partial charge in [-0.3, -0.25) is 25.0 Å². The minimum Gasteiger partial charge on any atom is -0.481 e. The van der Waals surface area contributed by atoms with Crippen LogP contribution >= 0.6 is 0 Å². The quantitative estimate of drug-likeness (QED) is 0.0256. The summed E-state index contributed by atoms with van der Waals surface area (Å²) in [5.41, 5.74) is 1.90. The number of unbranched alkanes of at least 4 members (excludes halogenated alkanes) is 16. The first-order valence-corrected chi connectivity index (χ1v) is 16.1. The van der Waals surface area contributed by atoms with Gasteiger partial charge in [0.15, 0.2) is 0 Å². The Labute approximate surface area is 256 Å². The van der Waals surface area contributed by atoms with E-state index >= 15 is 0 Å². The number of carboxylic acid groups (broad SMARTS) is 3. The number of amides is 2. The van der Waals surface area contributed by atoms with Gasteiger partial charge < -0.3 is 26.0 Å². The van der Waals surface area contributed by atoms with E-state index in [2.05, 4.69) is 16.1 Å². The molecule has 0 spiro atoms. The third-order valence-electron chi connectivity index (χ3n) is 7.28. The molecule has 248 valence electrons. The van der Waals surface area contributed by atoms with Crippen LogP contribution in [0.2, 0.25) is 0 Å². The molecule has 0 radical (unpaired) electrons. The molecular weight excluding hydrogens is 556 g/mol. The molecule has 12 nitrogen and oxygen atoms in total. The summed E-state index contributed by atoms with van der Waals surface area (Å²) < 4.78 is 0. The van der Waals surface area contributed by atoms with Gasteiger partial charge in [-0.25, -0.2) is 10.2 Å². The van der Waals surface area contributed by atoms with Crippen molar-refractivity contribution in [3.8, 4) is 0 Å². The van der Waals surface area contributed by atoms with Gasteiger partial charge >= 0.3 is 17.9 Å². The van der Waals surface area contributed by atoms with Crippen LogP contribution in [-0.2, 0) is 24.0 Å². The summed E-state index contributed by atoms with van der Waals surface area (Å²) in [6.45, 7) is 0.319. The van der Waals surface area contributed by atoms with E-state index in [0.717, 1.165) is 38.5 Å². The standard InChI is InChI=1S/C31H56N4O8/c32-35-26(31(42)43)19-17-18-24-33-27(36)23-22-25(30(40)41)34-28(37)20-15-13-11-9-7-5-3-1-2-4-6-8-10-12-14-16-21-29(38)39/h22,26,35H,1-21,23-24,32H2,(H,33,36)(H,34,37)(H,38,39)(H,40,41)(H,42,43)/b25-22+/t26-/m0/s1. The highest BCUT2D eigenvalue weighted by molar-refractivity contribution is 5.93. The van der Waals surface area contributed by atoms with Gasteiger partial charge in [0, 0.05) is 25.8 Å². The predicted molar refractivity (Wildman–Crippen MR) is 165 cm³/mol. The lowest BCUT2D eigenvalue weighted by Gasteiger charge is -2.10. The van der Waals surface area contributed by atoms with Crippen molar-refractivity contribution in [1.29, 1.82) is 0 Å². The minimum absolute atomic E-state index is 0.193. The van der Waals surface area contributed by atoms with Crippen molar-refractivity contribution in [2.24, 2.45) is 5.84 Å². The van der Waals surface area contributed by atoms with E-state index in [0.29, 0.717) is 32.2 Å². The smallest absolute Gasteiger partial charge is 0.352 e. The van der Waals surface area contributed by atoms with Crippen molar-refractivity contribution in [1.82, 2.24) is 16.1 Å². The maximum atomic E-state index is 12.2. The van der Waals surface area contributed by atoms with E-state index in [4.69, 9.17) is 16.1 Å². The van der Waals surface area contributed by atoms with Gasteiger partial charge in [-0.15, -0.1) is 0 Å². The molecule has 0 aliphatic carbocycles. The molecule has 0 bridgehead atoms. The van der Waals surface area contributed by atoms with Gasteiger partial charge in [-0.2, -0.15) is 0 Å². The molecule has 0 aliphatic heterocycles. The Bertz CT molecular complexity index is 835. The fourth-order valence-electron chi connectivity index (χ4n) is 4.69. The number of carbonyl (C=O) groups is 5. The van der Waals surface area contributed by atoms with Crippen molar-refractivity contribution in [3.63, 3.8) is 0 Å². The lowest BCUT2D eigenvalue weighted by Crippen LogP contribution is -2.41. The van der Waals surface area contributed by atoms with E-state index in [-0.39, 0.29) is 30.9 Å². The fraction of sp³-hybridized carbons (Fsp3) is 0.774. The second kappa shape index (κ2) is 27.8. The summed E-state index contributed by atoms with van der Waals surface area (Å²) in [6, 6.07) is -0.844. The van der Waals surface area contributed by atoms with Crippen LogP contribution in [0.1, 0.15) is 141 Å². The van der Waals surface area contributed by atoms with Crippen LogP contribution in [0.15, 0.2) is 11.8 Å². The van der Waals surface area contributed by atoms with Crippen LogP contribution < -0.4 is 21.9 Å². The number of nitrogens with one attached hydrogen (secondary N) is 3. The van der Waals surface area contributed by atoms with Gasteiger partial charge in [0.25, 0.3) is 0 Å². The number of nitrogens with two attached hydrogens (primary N) is 1. The van der Waals surface area contributed by atoms with Gasteiger partial charge in [-0.1, -0.05) is 89.9 Å². The highest BCUT2D eigenvalue weighted by Crippen LogP contribution is 2.14. The van der Waals surface area contributed by atoms with E-state index in [9.17, 15) is 29.1 Å². The van der Waals surface area contributed by atoms with Crippen molar-refractivity contribution in [2.45, 2.75) is 147 Å². The largest absolute Gasteiger partial charge is 0.481 e. The summed E-state index contributed by atoms with van der Waals surface area (Å²) in [7, 11) is 0. The molecule has 2 amide bonds. The topological polar surface area (TPSA) is 208 Å². The Kier molecular flexibility index (Phi) is 25.9. The zero-order valence-corrected chi connectivity index (χ0v) is 25.9. The third-order valence-corrected chi connectivity index (χ3v) is 7.28. The number of carbonyl (C=O) groups excluding carboxylic acids is 2. The van der Waals surface area contributed by atoms with Crippen LogP contribution in [0.25, 0.3) is 0 Å². The van der Waals surface area contributed by atoms with Crippen molar-refractivity contribution < 1.29 is 39.3 Å². The second-order valence-electron chi connectivity index (χ2n) is 11.1. The number of aliphatic carboxylic acids is 3. The molecule has 0 rings (SSSR count). The first kappa shape index (κ1) is 40.0. The van der Waals surface area contributed by atoms with Gasteiger partial charge in [-0.05, 0) is 38.2 Å². The minimum atomic E-state index is -1.31. The molecular formula is C31H56N4O8. The number of hydrazine groups is 1. The Morgan fingerprint density at radius 3 is 1.49 bits per heavy atom. The van der Waals surface area contributed by atoms with Crippen molar-refractivity contribution in [2.75, 3.05) is 6.54 Å². The van der Waals surface area contributed by atoms with Crippen LogP contribution in [0.3, 0.4) is 0 Å². The molecule has 0 aromatic heterocycles. The van der Waals surface area contributed by atoms with Gasteiger partial charge in [0.2, 0.25) is 11.8 Å². The maximum absolute atomic E-state index is 12.2. The molecule has 0 aromatic carbocycles. The summed E-state index contributed by atoms with van der Waals surface area (Å²) in [4.78, 5) is 56.9. The summed E-state index contributed by atoms with van der Waals surface area (Å²) in [5, 5.41) is 31.9. The molecule has 8 N–H and O–H groups in total. The molecule has 1 atom stereocenters. The highest BCUT2D eigenvalue weighted by Gasteiger charge is 2.15. The summed E-state index contributed by atoms with van der Waals surface area (Å²) >= 11 is 0. The van der Waals surface area contributed by atoms with E-state index in [1.807, 2.05) is 0 Å². The number of rotatable bonds is 30. The molecule has 0 aliphatic rings. The van der Waals surface area contributed by atoms with E-state index < -0.39 is 29.9 Å². The molecule has 0 saturated carbocycles. The average Bonchev–Trinajstić information content (AvgIpc) is 2.95. The van der Waals surface area contributed by atoms with E-state index in [1.54, 1.807) is 0 Å². The first-order valence-electron chi connectivity index (χ1n) is 16.1. The Balaban J connectivity index is 3.76. The Morgan fingerprint density at radius 2 is 1.07 bits per heavy atom. The molecule has 0 saturated heterocycles. The van der Waals surface area contributed by atoms with Crippen molar-refractivity contribution >= 4 is 29.7 Å². The van der Waals surface area contributed by atoms with Crippen molar-refractivity contribution in [3.05, 3.63) is 11.8 Å². The lowest BCUT2D eigenvalue weighted by atomic mass is 10.0. The zero-order valence-electron chi connectivity index (χ0n) is 25.9. The molecule has 0 unspecified atom stereocenters. The maximum Gasteiger partial charge on any atom is 0.352 e. The monoisotopic (exact) mass is 612 g/mol. The number of hydrogen-bond donors (Lipinski definition) is 7. The SMILES string of the molecule is NN[C@@H](CCCCNC(=O)C/C=C(/NC(=O)CCCCCCCCCCCCCCCCCCC(=O)O)C(=O)O)C(=O)O. The van der Waals surface area contributed by atoms with Crippen LogP contribution in [-0.4, -0.2) is 57.6 Å². The summed E-state index contributed by atoms with van der Waals surface area (Å²) in [5.74, 6) is 1.34. The molecule has 0 heterocycles. The van der Waals surface area contributed by atoms with Crippen LogP contribution in [0.4, 0.5) is 0 Å². The fourth-order valence-corrected chi connectivity index (χ4v) is 4.69. The Morgan fingerprint density at radius 1 is 0.605 bits per heavy atom. The van der Waals surface area contributed by atoms with Crippen LogP contribution in [0.5, 0.6) is 0 Å². The zero-order chi connectivity index (χ0) is 32.1. The first-order chi connectivity index (χ1) is 20.7. The third kappa shape index (κ3) is 26.4. The van der Waals surface area contributed by atoms with E-state index in [1.165, 1.54) is 63.9 Å².